The fourth-order valence-electron chi connectivity index (χ4n) is 1.25. The summed E-state index contributed by atoms with van der Waals surface area (Å²) in [6.07, 6.45) is 1.84. The second kappa shape index (κ2) is 5.75. The summed E-state index contributed by atoms with van der Waals surface area (Å²) >= 11 is 1.64. The minimum atomic E-state index is -2.87. The average molecular weight is 262 g/mol. The number of aromatic nitrogens is 1. The highest BCUT2D eigenvalue weighted by Crippen LogP contribution is 2.19. The predicted molar refractivity (Wildman–Crippen MR) is 67.6 cm³/mol. The maximum Gasteiger partial charge on any atom is 0.151 e. The molecule has 4 nitrogen and oxygen atoms in total. The molecular formula is C10H18N2O2S2. The summed E-state index contributed by atoms with van der Waals surface area (Å²) in [5, 5.41) is 4.23. The number of nitrogens with zero attached hydrogens (tertiary/aromatic N) is 1. The number of thiazole rings is 1. The Morgan fingerprint density at radius 3 is 2.75 bits per heavy atom. The zero-order chi connectivity index (χ0) is 12.2. The first-order valence-corrected chi connectivity index (χ1v) is 7.94. The Balaban J connectivity index is 2.39. The van der Waals surface area contributed by atoms with Gasteiger partial charge in [0.2, 0.25) is 0 Å². The van der Waals surface area contributed by atoms with Gasteiger partial charge >= 0.3 is 0 Å². The van der Waals surface area contributed by atoms with E-state index in [2.05, 4.69) is 10.3 Å². The van der Waals surface area contributed by atoms with Crippen molar-refractivity contribution in [3.05, 3.63) is 16.1 Å². The minimum Gasteiger partial charge on any atom is -0.308 e. The summed E-state index contributed by atoms with van der Waals surface area (Å²) in [5.41, 5.74) is 0. The minimum absolute atomic E-state index is 0.165. The maximum absolute atomic E-state index is 11.3. The van der Waals surface area contributed by atoms with Crippen molar-refractivity contribution < 1.29 is 8.42 Å². The van der Waals surface area contributed by atoms with Crippen LogP contribution in [0.5, 0.6) is 0 Å². The zero-order valence-electron chi connectivity index (χ0n) is 9.86. The van der Waals surface area contributed by atoms with Crippen molar-refractivity contribution in [1.29, 1.82) is 0 Å². The summed E-state index contributed by atoms with van der Waals surface area (Å²) < 4.78 is 22.5. The van der Waals surface area contributed by atoms with Gasteiger partial charge in [0.05, 0.1) is 10.8 Å². The van der Waals surface area contributed by atoms with Gasteiger partial charge in [-0.2, -0.15) is 0 Å². The monoisotopic (exact) mass is 262 g/mol. The Kier molecular flexibility index (Phi) is 4.89. The number of sulfone groups is 1. The van der Waals surface area contributed by atoms with Gasteiger partial charge in [-0.25, -0.2) is 13.4 Å². The van der Waals surface area contributed by atoms with Gasteiger partial charge in [0.15, 0.2) is 9.84 Å². The van der Waals surface area contributed by atoms with Crippen LogP contribution in [0.3, 0.4) is 0 Å². The van der Waals surface area contributed by atoms with Crippen LogP contribution in [0.4, 0.5) is 0 Å². The normalized spacial score (nSPS) is 13.9. The van der Waals surface area contributed by atoms with Crippen molar-refractivity contribution in [1.82, 2.24) is 10.3 Å². The third kappa shape index (κ3) is 4.19. The molecule has 1 aromatic heterocycles. The molecule has 16 heavy (non-hydrogen) atoms. The van der Waals surface area contributed by atoms with Crippen molar-refractivity contribution in [2.24, 2.45) is 0 Å². The van der Waals surface area contributed by atoms with Crippen molar-refractivity contribution >= 4 is 21.2 Å². The van der Waals surface area contributed by atoms with E-state index in [9.17, 15) is 8.42 Å². The van der Waals surface area contributed by atoms with Gasteiger partial charge in [0, 0.05) is 29.4 Å². The van der Waals surface area contributed by atoms with E-state index in [1.807, 2.05) is 20.0 Å². The Labute approximate surface area is 101 Å². The molecule has 0 aliphatic carbocycles. The molecule has 1 heterocycles. The van der Waals surface area contributed by atoms with Crippen LogP contribution in [0.2, 0.25) is 0 Å². The van der Waals surface area contributed by atoms with Gasteiger partial charge in [0.25, 0.3) is 0 Å². The molecule has 1 atom stereocenters. The molecule has 0 amide bonds. The molecule has 0 bridgehead atoms. The van der Waals surface area contributed by atoms with E-state index in [1.165, 1.54) is 0 Å². The lowest BCUT2D eigenvalue weighted by atomic mass is 10.3. The highest BCUT2D eigenvalue weighted by Gasteiger charge is 2.10. The second-order valence-electron chi connectivity index (χ2n) is 3.69. The topological polar surface area (TPSA) is 59.1 Å². The molecule has 0 saturated carbocycles. The highest BCUT2D eigenvalue weighted by molar-refractivity contribution is 7.91. The summed E-state index contributed by atoms with van der Waals surface area (Å²) in [6, 6.07) is 0.165. The van der Waals surface area contributed by atoms with E-state index in [-0.39, 0.29) is 17.5 Å². The van der Waals surface area contributed by atoms with Crippen LogP contribution in [-0.2, 0) is 9.84 Å². The maximum atomic E-state index is 11.3. The van der Waals surface area contributed by atoms with Crippen LogP contribution in [0.25, 0.3) is 0 Å². The van der Waals surface area contributed by atoms with E-state index in [1.54, 1.807) is 18.3 Å². The van der Waals surface area contributed by atoms with Crippen molar-refractivity contribution in [3.8, 4) is 0 Å². The molecule has 1 unspecified atom stereocenters. The number of rotatable bonds is 6. The SMILES string of the molecule is CCS(=O)(=O)CCNC(C)c1cnc(C)s1. The smallest absolute Gasteiger partial charge is 0.151 e. The molecule has 0 radical (unpaired) electrons. The summed E-state index contributed by atoms with van der Waals surface area (Å²) in [4.78, 5) is 5.32. The number of hydrogen-bond donors (Lipinski definition) is 1. The lowest BCUT2D eigenvalue weighted by Crippen LogP contribution is -2.26. The fraction of sp³-hybridized carbons (Fsp3) is 0.700. The van der Waals surface area contributed by atoms with Crippen LogP contribution >= 0.6 is 11.3 Å². The molecule has 0 spiro atoms. The van der Waals surface area contributed by atoms with Gasteiger partial charge in [-0.15, -0.1) is 11.3 Å². The van der Waals surface area contributed by atoms with Crippen molar-refractivity contribution in [3.63, 3.8) is 0 Å². The summed E-state index contributed by atoms with van der Waals surface area (Å²) in [6.45, 7) is 6.15. The number of nitrogens with one attached hydrogen (secondary N) is 1. The van der Waals surface area contributed by atoms with Crippen molar-refractivity contribution in [2.75, 3.05) is 18.1 Å². The van der Waals surface area contributed by atoms with Gasteiger partial charge in [-0.05, 0) is 13.8 Å². The molecule has 0 saturated heterocycles. The van der Waals surface area contributed by atoms with E-state index >= 15 is 0 Å². The van der Waals surface area contributed by atoms with E-state index in [4.69, 9.17) is 0 Å². The third-order valence-electron chi connectivity index (χ3n) is 2.37. The highest BCUT2D eigenvalue weighted by atomic mass is 32.2. The van der Waals surface area contributed by atoms with E-state index < -0.39 is 9.84 Å². The number of aryl methyl sites for hydroxylation is 1. The molecule has 0 aliphatic rings. The second-order valence-corrected chi connectivity index (χ2v) is 7.43. The fourth-order valence-corrected chi connectivity index (χ4v) is 2.78. The molecule has 1 aromatic rings. The number of hydrogen-bond acceptors (Lipinski definition) is 5. The zero-order valence-corrected chi connectivity index (χ0v) is 11.5. The van der Waals surface area contributed by atoms with Crippen LogP contribution in [0.1, 0.15) is 29.8 Å². The summed E-state index contributed by atoms with van der Waals surface area (Å²) in [5.74, 6) is 0.411. The van der Waals surface area contributed by atoms with Crippen LogP contribution in [0, 0.1) is 6.92 Å². The lowest BCUT2D eigenvalue weighted by Gasteiger charge is -2.11. The molecule has 1 rings (SSSR count). The van der Waals surface area contributed by atoms with Gasteiger partial charge in [0.1, 0.15) is 0 Å². The van der Waals surface area contributed by atoms with E-state index in [0.29, 0.717) is 6.54 Å². The molecule has 0 aromatic carbocycles. The first-order valence-electron chi connectivity index (χ1n) is 5.30. The van der Waals surface area contributed by atoms with Gasteiger partial charge in [-0.3, -0.25) is 0 Å². The van der Waals surface area contributed by atoms with Crippen LogP contribution in [-0.4, -0.2) is 31.5 Å². The molecule has 0 aliphatic heterocycles. The largest absolute Gasteiger partial charge is 0.308 e. The lowest BCUT2D eigenvalue weighted by molar-refractivity contribution is 0.576. The average Bonchev–Trinajstić information content (AvgIpc) is 2.64. The van der Waals surface area contributed by atoms with Gasteiger partial charge in [-0.1, -0.05) is 6.92 Å². The first kappa shape index (κ1) is 13.6. The standard InChI is InChI=1S/C10H18N2O2S2/c1-4-16(13,14)6-5-11-8(2)10-7-12-9(3)15-10/h7-8,11H,4-6H2,1-3H3. The van der Waals surface area contributed by atoms with Gasteiger partial charge < -0.3 is 5.32 Å². The first-order chi connectivity index (χ1) is 7.44. The quantitative estimate of drug-likeness (QED) is 0.845. The molecular weight excluding hydrogens is 244 g/mol. The Hall–Kier alpha value is -0.460. The van der Waals surface area contributed by atoms with Crippen molar-refractivity contribution in [2.45, 2.75) is 26.8 Å². The third-order valence-corrected chi connectivity index (χ3v) is 5.17. The Morgan fingerprint density at radius 2 is 2.25 bits per heavy atom. The van der Waals surface area contributed by atoms with Crippen LogP contribution in [0.15, 0.2) is 6.20 Å². The summed E-state index contributed by atoms with van der Waals surface area (Å²) in [7, 11) is -2.87. The van der Waals surface area contributed by atoms with Crippen LogP contribution < -0.4 is 5.32 Å². The molecule has 92 valence electrons. The van der Waals surface area contributed by atoms with E-state index in [0.717, 1.165) is 9.88 Å². The molecule has 1 N–H and O–H groups in total. The molecule has 6 heteroatoms. The Bertz CT molecular complexity index is 426. The molecule has 0 fully saturated rings. The predicted octanol–water partition coefficient (Wildman–Crippen LogP) is 1.54. The Morgan fingerprint density at radius 1 is 1.56 bits per heavy atom.